The lowest BCUT2D eigenvalue weighted by atomic mass is 10.2. The second-order valence-electron chi connectivity index (χ2n) is 5.36. The van der Waals surface area contributed by atoms with E-state index in [9.17, 15) is 0 Å². The van der Waals surface area contributed by atoms with Crippen molar-refractivity contribution in [3.8, 4) is 10.8 Å². The molecule has 0 radical (unpaired) electrons. The van der Waals surface area contributed by atoms with Crippen LogP contribution < -0.4 is 0 Å². The number of hydrogen-bond acceptors (Lipinski definition) is 6. The van der Waals surface area contributed by atoms with Gasteiger partial charge in [-0.3, -0.25) is 4.90 Å². The Balaban J connectivity index is 1.51. The largest absolute Gasteiger partial charge is 0.290 e. The summed E-state index contributed by atoms with van der Waals surface area (Å²) in [7, 11) is 0. The molecule has 0 aliphatic carbocycles. The molecular formula is C16H16N4S2. The summed E-state index contributed by atoms with van der Waals surface area (Å²) in [6, 6.07) is 6.77. The molecule has 0 bridgehead atoms. The number of nitrogens with zero attached hydrogens (tertiary/aromatic N) is 4. The highest BCUT2D eigenvalue weighted by Crippen LogP contribution is 2.35. The molecule has 4 nitrogen and oxygen atoms in total. The van der Waals surface area contributed by atoms with Crippen LogP contribution in [0.2, 0.25) is 0 Å². The van der Waals surface area contributed by atoms with Gasteiger partial charge in [0, 0.05) is 35.2 Å². The normalized spacial score (nSPS) is 18.8. The summed E-state index contributed by atoms with van der Waals surface area (Å²) in [5, 5.41) is 5.21. The topological polar surface area (TPSA) is 41.9 Å². The van der Waals surface area contributed by atoms with Gasteiger partial charge in [-0.05, 0) is 36.9 Å². The third-order valence-electron chi connectivity index (χ3n) is 3.91. The minimum Gasteiger partial charge on any atom is -0.290 e. The Bertz CT molecular complexity index is 724. The number of hydrogen-bond donors (Lipinski definition) is 0. The molecule has 6 heteroatoms. The second kappa shape index (κ2) is 6.24. The maximum Gasteiger partial charge on any atom is 0.188 e. The van der Waals surface area contributed by atoms with Gasteiger partial charge < -0.3 is 0 Å². The predicted octanol–water partition coefficient (Wildman–Crippen LogP) is 4.00. The number of thiazole rings is 1. The zero-order valence-electron chi connectivity index (χ0n) is 12.1. The molecule has 112 valence electrons. The van der Waals surface area contributed by atoms with Crippen LogP contribution in [0.1, 0.15) is 29.5 Å². The van der Waals surface area contributed by atoms with Crippen LogP contribution in [0.4, 0.5) is 0 Å². The lowest BCUT2D eigenvalue weighted by Gasteiger charge is -2.22. The first-order valence-corrected chi connectivity index (χ1v) is 9.15. The number of likely N-dealkylation sites (tertiary alicyclic amines) is 1. The van der Waals surface area contributed by atoms with E-state index >= 15 is 0 Å². The highest BCUT2D eigenvalue weighted by Gasteiger charge is 2.27. The minimum absolute atomic E-state index is 0.554. The SMILES string of the molecule is c1cnc(-c2nc(CN3CCC[C@H]3c3cccs3)cs2)nc1. The van der Waals surface area contributed by atoms with Crippen LogP contribution in [0.3, 0.4) is 0 Å². The van der Waals surface area contributed by atoms with Gasteiger partial charge in [0.2, 0.25) is 0 Å². The molecule has 0 saturated carbocycles. The molecule has 1 fully saturated rings. The van der Waals surface area contributed by atoms with Crippen molar-refractivity contribution in [3.63, 3.8) is 0 Å². The van der Waals surface area contributed by atoms with E-state index in [2.05, 4.69) is 37.8 Å². The minimum atomic E-state index is 0.554. The van der Waals surface area contributed by atoms with Crippen molar-refractivity contribution in [2.45, 2.75) is 25.4 Å². The highest BCUT2D eigenvalue weighted by molar-refractivity contribution is 7.13. The Kier molecular flexibility index (Phi) is 3.97. The summed E-state index contributed by atoms with van der Waals surface area (Å²) in [5.74, 6) is 0.718. The van der Waals surface area contributed by atoms with Gasteiger partial charge in [-0.1, -0.05) is 6.07 Å². The maximum absolute atomic E-state index is 4.72. The molecule has 4 heterocycles. The van der Waals surface area contributed by atoms with Crippen molar-refractivity contribution in [1.82, 2.24) is 19.9 Å². The molecule has 0 aromatic carbocycles. The van der Waals surface area contributed by atoms with E-state index in [1.165, 1.54) is 17.7 Å². The molecule has 22 heavy (non-hydrogen) atoms. The molecule has 4 rings (SSSR count). The Labute approximate surface area is 137 Å². The molecular weight excluding hydrogens is 312 g/mol. The Morgan fingerprint density at radius 1 is 1.18 bits per heavy atom. The van der Waals surface area contributed by atoms with E-state index < -0.39 is 0 Å². The van der Waals surface area contributed by atoms with Crippen molar-refractivity contribution >= 4 is 22.7 Å². The lowest BCUT2D eigenvalue weighted by molar-refractivity contribution is 0.249. The van der Waals surface area contributed by atoms with Crippen molar-refractivity contribution in [2.75, 3.05) is 6.54 Å². The fourth-order valence-corrected chi connectivity index (χ4v) is 4.57. The first-order valence-electron chi connectivity index (χ1n) is 7.39. The average Bonchev–Trinajstić information content (AvgIpc) is 3.30. The predicted molar refractivity (Wildman–Crippen MR) is 89.8 cm³/mol. The Morgan fingerprint density at radius 3 is 2.91 bits per heavy atom. The summed E-state index contributed by atoms with van der Waals surface area (Å²) in [5.41, 5.74) is 1.12. The van der Waals surface area contributed by atoms with Crippen LogP contribution in [0.5, 0.6) is 0 Å². The van der Waals surface area contributed by atoms with Gasteiger partial charge in [0.05, 0.1) is 5.69 Å². The fourth-order valence-electron chi connectivity index (χ4n) is 2.92. The number of thiophene rings is 1. The highest BCUT2D eigenvalue weighted by atomic mass is 32.1. The van der Waals surface area contributed by atoms with Gasteiger partial charge in [0.1, 0.15) is 0 Å². The lowest BCUT2D eigenvalue weighted by Crippen LogP contribution is -2.22. The first kappa shape index (κ1) is 14.0. The van der Waals surface area contributed by atoms with Gasteiger partial charge in [-0.2, -0.15) is 0 Å². The molecule has 1 saturated heterocycles. The van der Waals surface area contributed by atoms with E-state index in [-0.39, 0.29) is 0 Å². The maximum atomic E-state index is 4.72. The van der Waals surface area contributed by atoms with E-state index in [4.69, 9.17) is 4.98 Å². The smallest absolute Gasteiger partial charge is 0.188 e. The zero-order valence-corrected chi connectivity index (χ0v) is 13.7. The number of rotatable bonds is 4. The van der Waals surface area contributed by atoms with Crippen LogP contribution in [0.25, 0.3) is 10.8 Å². The summed E-state index contributed by atoms with van der Waals surface area (Å²) >= 11 is 3.48. The molecule has 3 aromatic heterocycles. The van der Waals surface area contributed by atoms with Crippen LogP contribution in [-0.2, 0) is 6.54 Å². The fraction of sp³-hybridized carbons (Fsp3) is 0.312. The van der Waals surface area contributed by atoms with Gasteiger partial charge >= 0.3 is 0 Å². The molecule has 1 atom stereocenters. The van der Waals surface area contributed by atoms with Gasteiger partial charge in [0.25, 0.3) is 0 Å². The Hall–Kier alpha value is -1.63. The van der Waals surface area contributed by atoms with Crippen LogP contribution >= 0.6 is 22.7 Å². The van der Waals surface area contributed by atoms with Crippen molar-refractivity contribution < 1.29 is 0 Å². The second-order valence-corrected chi connectivity index (χ2v) is 7.20. The van der Waals surface area contributed by atoms with Gasteiger partial charge in [-0.15, -0.1) is 22.7 Å². The van der Waals surface area contributed by atoms with E-state index in [1.54, 1.807) is 23.7 Å². The monoisotopic (exact) mass is 328 g/mol. The van der Waals surface area contributed by atoms with Crippen molar-refractivity contribution in [1.29, 1.82) is 0 Å². The summed E-state index contributed by atoms with van der Waals surface area (Å²) in [6.07, 6.45) is 6.04. The molecule has 0 amide bonds. The van der Waals surface area contributed by atoms with Gasteiger partial charge in [0.15, 0.2) is 10.8 Å². The summed E-state index contributed by atoms with van der Waals surface area (Å²) in [6.45, 7) is 2.06. The summed E-state index contributed by atoms with van der Waals surface area (Å²) in [4.78, 5) is 17.3. The molecule has 0 unspecified atom stereocenters. The third kappa shape index (κ3) is 2.82. The van der Waals surface area contributed by atoms with E-state index in [0.717, 1.165) is 29.6 Å². The van der Waals surface area contributed by atoms with E-state index in [1.807, 2.05) is 17.4 Å². The molecule has 1 aliphatic rings. The molecule has 0 spiro atoms. The summed E-state index contributed by atoms with van der Waals surface area (Å²) < 4.78 is 0. The standard InChI is InChI=1S/C16H16N4S2/c1-4-13(14-5-2-9-21-14)20(8-1)10-12-11-22-16(19-12)15-17-6-3-7-18-15/h2-3,5-7,9,11,13H,1,4,8,10H2/t13-/m0/s1. The zero-order chi connectivity index (χ0) is 14.8. The molecule has 0 N–H and O–H groups in total. The van der Waals surface area contributed by atoms with Gasteiger partial charge in [-0.25, -0.2) is 15.0 Å². The van der Waals surface area contributed by atoms with Crippen LogP contribution in [-0.4, -0.2) is 26.4 Å². The van der Waals surface area contributed by atoms with E-state index in [0.29, 0.717) is 6.04 Å². The van der Waals surface area contributed by atoms with Crippen molar-refractivity contribution in [2.24, 2.45) is 0 Å². The first-order chi connectivity index (χ1) is 10.9. The quantitative estimate of drug-likeness (QED) is 0.726. The van der Waals surface area contributed by atoms with Crippen LogP contribution in [0, 0.1) is 0 Å². The van der Waals surface area contributed by atoms with Crippen molar-refractivity contribution in [3.05, 3.63) is 51.9 Å². The van der Waals surface area contributed by atoms with Crippen LogP contribution in [0.15, 0.2) is 41.4 Å². The Morgan fingerprint density at radius 2 is 2.09 bits per heavy atom. The molecule has 1 aliphatic heterocycles. The average molecular weight is 328 g/mol. The molecule has 3 aromatic rings. The third-order valence-corrected chi connectivity index (χ3v) is 5.77. The number of aromatic nitrogens is 3.